The molecule has 1 amide bonds. The molecule has 0 spiro atoms. The highest BCUT2D eigenvalue weighted by Gasteiger charge is 2.14. The highest BCUT2D eigenvalue weighted by molar-refractivity contribution is 7.89. The van der Waals surface area contributed by atoms with Crippen LogP contribution in [0, 0.1) is 12.7 Å². The molecule has 4 aromatic rings. The van der Waals surface area contributed by atoms with Crippen LogP contribution < -0.4 is 19.9 Å². The van der Waals surface area contributed by atoms with Crippen LogP contribution in [-0.2, 0) is 14.8 Å². The Morgan fingerprint density at radius 1 is 0.941 bits per heavy atom. The lowest BCUT2D eigenvalue weighted by atomic mass is 10.1. The van der Waals surface area contributed by atoms with E-state index in [0.29, 0.717) is 17.0 Å². The van der Waals surface area contributed by atoms with Crippen molar-refractivity contribution in [2.24, 2.45) is 5.14 Å². The number of ether oxygens (including phenoxy) is 2. The summed E-state index contributed by atoms with van der Waals surface area (Å²) in [6.45, 7) is 1.26. The molecule has 0 aromatic heterocycles. The molecule has 0 atom stereocenters. The molecule has 9 heteroatoms. The molecule has 0 unspecified atom stereocenters. The number of fused-ring (bicyclic) bond motifs is 1. The van der Waals surface area contributed by atoms with Crippen molar-refractivity contribution >= 4 is 32.4 Å². The number of anilines is 1. The average Bonchev–Trinajstić information content (AvgIpc) is 2.79. The highest BCUT2D eigenvalue weighted by Crippen LogP contribution is 2.33. The SMILES string of the molecule is Cc1cc(S(N)(=O)=O)ccc1NC(=O)COc1ccc(F)cc1Oc1ccc2ccccc2c1. The van der Waals surface area contributed by atoms with Crippen LogP contribution in [0.3, 0.4) is 0 Å². The van der Waals surface area contributed by atoms with Gasteiger partial charge in [0.05, 0.1) is 4.90 Å². The lowest BCUT2D eigenvalue weighted by Crippen LogP contribution is -2.21. The molecule has 3 N–H and O–H groups in total. The van der Waals surface area contributed by atoms with Crippen LogP contribution in [0.4, 0.5) is 10.1 Å². The zero-order valence-electron chi connectivity index (χ0n) is 18.1. The van der Waals surface area contributed by atoms with Crippen molar-refractivity contribution in [1.82, 2.24) is 0 Å². The molecule has 0 saturated carbocycles. The van der Waals surface area contributed by atoms with E-state index in [-0.39, 0.29) is 23.0 Å². The van der Waals surface area contributed by atoms with E-state index in [2.05, 4.69) is 5.32 Å². The number of aryl methyl sites for hydroxylation is 1. The minimum Gasteiger partial charge on any atom is -0.480 e. The second kappa shape index (κ2) is 9.50. The summed E-state index contributed by atoms with van der Waals surface area (Å²) in [5, 5.41) is 9.76. The number of primary sulfonamides is 1. The molecule has 4 aromatic carbocycles. The van der Waals surface area contributed by atoms with E-state index in [0.717, 1.165) is 10.8 Å². The molecule has 0 aliphatic carbocycles. The van der Waals surface area contributed by atoms with E-state index in [1.54, 1.807) is 13.0 Å². The second-order valence-corrected chi connectivity index (χ2v) is 9.12. The number of amides is 1. The van der Waals surface area contributed by atoms with Gasteiger partial charge in [0.1, 0.15) is 11.6 Å². The van der Waals surface area contributed by atoms with E-state index in [9.17, 15) is 17.6 Å². The van der Waals surface area contributed by atoms with Gasteiger partial charge in [0.2, 0.25) is 10.0 Å². The van der Waals surface area contributed by atoms with Crippen LogP contribution in [0.5, 0.6) is 17.2 Å². The maximum atomic E-state index is 13.9. The Morgan fingerprint density at radius 2 is 1.71 bits per heavy atom. The molecule has 0 fully saturated rings. The van der Waals surface area contributed by atoms with E-state index in [4.69, 9.17) is 14.6 Å². The molecule has 7 nitrogen and oxygen atoms in total. The third-order valence-corrected chi connectivity index (χ3v) is 5.92. The number of carbonyl (C=O) groups is 1. The lowest BCUT2D eigenvalue weighted by molar-refractivity contribution is -0.118. The van der Waals surface area contributed by atoms with Gasteiger partial charge in [-0.3, -0.25) is 4.79 Å². The normalized spacial score (nSPS) is 11.3. The number of rotatable bonds is 7. The molecule has 4 rings (SSSR count). The van der Waals surface area contributed by atoms with Crippen LogP contribution in [0.25, 0.3) is 10.8 Å². The summed E-state index contributed by atoms with van der Waals surface area (Å²) in [5.74, 6) is -0.211. The van der Waals surface area contributed by atoms with Gasteiger partial charge in [-0.2, -0.15) is 0 Å². The Balaban J connectivity index is 1.46. The largest absolute Gasteiger partial charge is 0.480 e. The maximum Gasteiger partial charge on any atom is 0.262 e. The quantitative estimate of drug-likeness (QED) is 0.397. The fourth-order valence-corrected chi connectivity index (χ4v) is 3.92. The molecule has 0 heterocycles. The molecule has 0 bridgehead atoms. The zero-order valence-corrected chi connectivity index (χ0v) is 18.9. The van der Waals surface area contributed by atoms with Crippen molar-refractivity contribution in [2.45, 2.75) is 11.8 Å². The van der Waals surface area contributed by atoms with Crippen LogP contribution in [0.2, 0.25) is 0 Å². The first-order valence-corrected chi connectivity index (χ1v) is 11.8. The fourth-order valence-electron chi connectivity index (χ4n) is 3.32. The van der Waals surface area contributed by atoms with Crippen molar-refractivity contribution in [3.63, 3.8) is 0 Å². The number of hydrogen-bond acceptors (Lipinski definition) is 5. The summed E-state index contributed by atoms with van der Waals surface area (Å²) < 4.78 is 48.2. The van der Waals surface area contributed by atoms with Crippen molar-refractivity contribution in [1.29, 1.82) is 0 Å². The zero-order chi connectivity index (χ0) is 24.3. The maximum absolute atomic E-state index is 13.9. The third kappa shape index (κ3) is 5.51. The van der Waals surface area contributed by atoms with Gasteiger partial charge >= 0.3 is 0 Å². The predicted molar refractivity (Wildman–Crippen MR) is 127 cm³/mol. The second-order valence-electron chi connectivity index (χ2n) is 7.56. The summed E-state index contributed by atoms with van der Waals surface area (Å²) >= 11 is 0. The summed E-state index contributed by atoms with van der Waals surface area (Å²) in [7, 11) is -3.85. The number of hydrogen-bond donors (Lipinski definition) is 2. The number of benzene rings is 4. The van der Waals surface area contributed by atoms with Crippen LogP contribution in [0.15, 0.2) is 83.8 Å². The number of carbonyl (C=O) groups excluding carboxylic acids is 1. The van der Waals surface area contributed by atoms with E-state index >= 15 is 0 Å². The molecule has 0 aliphatic heterocycles. The summed E-state index contributed by atoms with van der Waals surface area (Å²) in [6, 6.07) is 21.1. The van der Waals surface area contributed by atoms with E-state index in [1.807, 2.05) is 36.4 Å². The first kappa shape index (κ1) is 23.2. The van der Waals surface area contributed by atoms with Crippen LogP contribution in [-0.4, -0.2) is 20.9 Å². The summed E-state index contributed by atoms with van der Waals surface area (Å²) in [5.41, 5.74) is 0.926. The third-order valence-electron chi connectivity index (χ3n) is 5.01. The Hall–Kier alpha value is -3.95. The Kier molecular flexibility index (Phi) is 6.49. The predicted octanol–water partition coefficient (Wildman–Crippen LogP) is 4.74. The Labute approximate surface area is 196 Å². The standard InChI is InChI=1S/C25H21FN2O5S/c1-16-12-21(34(27,30)31)9-10-22(16)28-25(29)15-32-23-11-7-19(26)14-24(23)33-20-8-6-17-4-2-3-5-18(17)13-20/h2-14H,15H2,1H3,(H,28,29)(H2,27,30,31). The van der Waals surface area contributed by atoms with Gasteiger partial charge in [0.15, 0.2) is 18.1 Å². The first-order valence-electron chi connectivity index (χ1n) is 10.2. The number of nitrogens with two attached hydrogens (primary N) is 1. The fraction of sp³-hybridized carbons (Fsp3) is 0.0800. The van der Waals surface area contributed by atoms with Gasteiger partial charge < -0.3 is 14.8 Å². The minimum atomic E-state index is -3.85. The smallest absolute Gasteiger partial charge is 0.262 e. The lowest BCUT2D eigenvalue weighted by Gasteiger charge is -2.14. The van der Waals surface area contributed by atoms with Crippen molar-refractivity contribution < 1.29 is 27.1 Å². The van der Waals surface area contributed by atoms with Crippen molar-refractivity contribution in [3.05, 3.63) is 90.2 Å². The molecular formula is C25H21FN2O5S. The van der Waals surface area contributed by atoms with Crippen molar-refractivity contribution in [3.8, 4) is 17.2 Å². The summed E-state index contributed by atoms with van der Waals surface area (Å²) in [4.78, 5) is 12.4. The summed E-state index contributed by atoms with van der Waals surface area (Å²) in [6.07, 6.45) is 0. The monoisotopic (exact) mass is 480 g/mol. The van der Waals surface area contributed by atoms with Crippen LogP contribution >= 0.6 is 0 Å². The van der Waals surface area contributed by atoms with E-state index < -0.39 is 21.7 Å². The van der Waals surface area contributed by atoms with Crippen molar-refractivity contribution in [2.75, 3.05) is 11.9 Å². The molecular weight excluding hydrogens is 459 g/mol. The highest BCUT2D eigenvalue weighted by atomic mass is 32.2. The first-order chi connectivity index (χ1) is 16.2. The van der Waals surface area contributed by atoms with Gasteiger partial charge in [-0.05, 0) is 65.7 Å². The van der Waals surface area contributed by atoms with Gasteiger partial charge in [-0.1, -0.05) is 30.3 Å². The number of halogens is 1. The molecule has 0 aliphatic rings. The number of nitrogens with one attached hydrogen (secondary N) is 1. The molecule has 0 saturated heterocycles. The number of sulfonamides is 1. The minimum absolute atomic E-state index is 0.0546. The molecule has 0 radical (unpaired) electrons. The average molecular weight is 481 g/mol. The molecule has 174 valence electrons. The molecule has 34 heavy (non-hydrogen) atoms. The van der Waals surface area contributed by atoms with Gasteiger partial charge in [-0.25, -0.2) is 17.9 Å². The van der Waals surface area contributed by atoms with Gasteiger partial charge in [-0.15, -0.1) is 0 Å². The Morgan fingerprint density at radius 3 is 2.44 bits per heavy atom. The van der Waals surface area contributed by atoms with Gasteiger partial charge in [0, 0.05) is 11.8 Å². The van der Waals surface area contributed by atoms with E-state index in [1.165, 1.54) is 36.4 Å². The van der Waals surface area contributed by atoms with Crippen LogP contribution in [0.1, 0.15) is 5.56 Å². The Bertz CT molecular complexity index is 1490. The topological polar surface area (TPSA) is 108 Å². The van der Waals surface area contributed by atoms with Gasteiger partial charge in [0.25, 0.3) is 5.91 Å².